The minimum atomic E-state index is -0.299. The summed E-state index contributed by atoms with van der Waals surface area (Å²) >= 11 is 6.03. The number of hydrogen-bond donors (Lipinski definition) is 0. The fourth-order valence-corrected chi connectivity index (χ4v) is 4.02. The summed E-state index contributed by atoms with van der Waals surface area (Å²) in [5.41, 5.74) is 2.78. The van der Waals surface area contributed by atoms with Crippen molar-refractivity contribution in [1.29, 1.82) is 5.26 Å². The zero-order chi connectivity index (χ0) is 18.6. The smallest absolute Gasteiger partial charge is 0.213 e. The highest BCUT2D eigenvalue weighted by Crippen LogP contribution is 2.34. The number of nitriles is 1. The van der Waals surface area contributed by atoms with E-state index in [4.69, 9.17) is 16.0 Å². The molecule has 0 spiro atoms. The lowest BCUT2D eigenvalue weighted by Crippen LogP contribution is -2.36. The van der Waals surface area contributed by atoms with Crippen LogP contribution in [-0.4, -0.2) is 29.5 Å². The third-order valence-electron chi connectivity index (χ3n) is 5.43. The number of piperidine rings is 1. The van der Waals surface area contributed by atoms with Crippen LogP contribution in [0.2, 0.25) is 5.02 Å². The van der Waals surface area contributed by atoms with E-state index in [1.54, 1.807) is 12.1 Å². The van der Waals surface area contributed by atoms with Crippen molar-refractivity contribution in [3.63, 3.8) is 0 Å². The Kier molecular flexibility index (Phi) is 5.42. The third-order valence-corrected chi connectivity index (χ3v) is 5.67. The fourth-order valence-electron chi connectivity index (χ4n) is 3.86. The van der Waals surface area contributed by atoms with Gasteiger partial charge < -0.3 is 9.32 Å². The zero-order valence-corrected chi connectivity index (χ0v) is 15.9. The van der Waals surface area contributed by atoms with E-state index >= 15 is 0 Å². The van der Waals surface area contributed by atoms with Gasteiger partial charge in [0.15, 0.2) is 5.58 Å². The predicted molar refractivity (Wildman–Crippen MR) is 107 cm³/mol. The summed E-state index contributed by atoms with van der Waals surface area (Å²) < 4.78 is 5.86. The molecule has 1 fully saturated rings. The Bertz CT molecular complexity index is 939. The molecule has 0 amide bonds. The van der Waals surface area contributed by atoms with Gasteiger partial charge in [0.1, 0.15) is 11.4 Å². The van der Waals surface area contributed by atoms with E-state index in [-0.39, 0.29) is 11.8 Å². The molecule has 0 aliphatic carbocycles. The summed E-state index contributed by atoms with van der Waals surface area (Å²) in [7, 11) is 0. The van der Waals surface area contributed by atoms with E-state index in [0.717, 1.165) is 44.4 Å². The van der Waals surface area contributed by atoms with Crippen LogP contribution in [0.1, 0.15) is 30.2 Å². The fraction of sp³-hybridized carbons (Fsp3) is 0.364. The Morgan fingerprint density at radius 3 is 2.70 bits per heavy atom. The molecule has 0 saturated carbocycles. The van der Waals surface area contributed by atoms with Crippen LogP contribution >= 0.6 is 11.6 Å². The van der Waals surface area contributed by atoms with Crippen LogP contribution in [0, 0.1) is 17.2 Å². The number of benzene rings is 2. The van der Waals surface area contributed by atoms with Crippen LogP contribution in [0.4, 0.5) is 0 Å². The lowest BCUT2D eigenvalue weighted by molar-refractivity contribution is 0.174. The summed E-state index contributed by atoms with van der Waals surface area (Å²) in [4.78, 5) is 7.02. The molecule has 138 valence electrons. The van der Waals surface area contributed by atoms with Gasteiger partial charge in [0.05, 0.1) is 6.07 Å². The Hall–Kier alpha value is -2.35. The number of aromatic nitrogens is 1. The van der Waals surface area contributed by atoms with Gasteiger partial charge >= 0.3 is 0 Å². The summed E-state index contributed by atoms with van der Waals surface area (Å²) in [5, 5.41) is 10.4. The molecule has 27 heavy (non-hydrogen) atoms. The number of rotatable bonds is 5. The Balaban J connectivity index is 1.37. The van der Waals surface area contributed by atoms with Crippen molar-refractivity contribution < 1.29 is 4.42 Å². The van der Waals surface area contributed by atoms with Gasteiger partial charge in [-0.2, -0.15) is 5.26 Å². The van der Waals surface area contributed by atoms with Crippen LogP contribution in [0.25, 0.3) is 11.1 Å². The first-order valence-electron chi connectivity index (χ1n) is 9.45. The second kappa shape index (κ2) is 8.12. The highest BCUT2D eigenvalue weighted by molar-refractivity contribution is 6.31. The summed E-state index contributed by atoms with van der Waals surface area (Å²) in [6.45, 7) is 3.10. The largest absolute Gasteiger partial charge is 0.439 e. The summed E-state index contributed by atoms with van der Waals surface area (Å²) in [5.74, 6) is 0.511. The lowest BCUT2D eigenvalue weighted by Gasteiger charge is -2.33. The Morgan fingerprint density at radius 2 is 1.96 bits per heavy atom. The van der Waals surface area contributed by atoms with Gasteiger partial charge in [-0.15, -0.1) is 0 Å². The van der Waals surface area contributed by atoms with Crippen molar-refractivity contribution >= 4 is 22.7 Å². The van der Waals surface area contributed by atoms with Crippen LogP contribution in [0.15, 0.2) is 52.9 Å². The van der Waals surface area contributed by atoms with E-state index in [1.807, 2.05) is 6.07 Å². The van der Waals surface area contributed by atoms with Gasteiger partial charge in [-0.1, -0.05) is 41.9 Å². The maximum atomic E-state index is 9.74. The van der Waals surface area contributed by atoms with Crippen molar-refractivity contribution in [2.45, 2.75) is 25.2 Å². The molecular weight excluding hydrogens is 358 g/mol. The quantitative estimate of drug-likeness (QED) is 0.623. The van der Waals surface area contributed by atoms with E-state index in [2.05, 4.69) is 46.3 Å². The number of fused-ring (bicyclic) bond motifs is 1. The normalized spacial score (nSPS) is 17.0. The van der Waals surface area contributed by atoms with Gasteiger partial charge in [0.2, 0.25) is 5.89 Å². The second-order valence-corrected chi connectivity index (χ2v) is 7.62. The van der Waals surface area contributed by atoms with E-state index in [9.17, 15) is 5.26 Å². The van der Waals surface area contributed by atoms with Crippen molar-refractivity contribution in [2.24, 2.45) is 5.92 Å². The SMILES string of the molecule is N#CC(c1nc2cc(Cl)ccc2o1)C1CCN(CCc2ccccc2)CC1. The number of oxazole rings is 1. The van der Waals surface area contributed by atoms with Crippen LogP contribution in [0.5, 0.6) is 0 Å². The van der Waals surface area contributed by atoms with Gasteiger partial charge in [0.25, 0.3) is 0 Å². The molecular formula is C22H22ClN3O. The standard InChI is InChI=1S/C22H22ClN3O/c23-18-6-7-21-20(14-18)25-22(27-21)19(15-24)17-9-12-26(13-10-17)11-8-16-4-2-1-3-5-16/h1-7,14,17,19H,8-13H2. The highest BCUT2D eigenvalue weighted by Gasteiger charge is 2.31. The van der Waals surface area contributed by atoms with Gasteiger partial charge in [-0.25, -0.2) is 4.98 Å². The van der Waals surface area contributed by atoms with E-state index < -0.39 is 0 Å². The molecule has 5 heteroatoms. The molecule has 1 aliphatic rings. The minimum absolute atomic E-state index is 0.284. The average molecular weight is 380 g/mol. The molecule has 1 aliphatic heterocycles. The molecule has 4 rings (SSSR count). The van der Waals surface area contributed by atoms with Crippen molar-refractivity contribution in [3.8, 4) is 6.07 Å². The Labute approximate surface area is 164 Å². The van der Waals surface area contributed by atoms with E-state index in [1.165, 1.54) is 5.56 Å². The molecule has 2 aromatic carbocycles. The lowest BCUT2D eigenvalue weighted by atomic mass is 9.85. The number of likely N-dealkylation sites (tertiary alicyclic amines) is 1. The first kappa shape index (κ1) is 18.0. The van der Waals surface area contributed by atoms with Gasteiger partial charge in [-0.05, 0) is 62.0 Å². The molecule has 1 aromatic heterocycles. The summed E-state index contributed by atoms with van der Waals surface area (Å²) in [6, 6.07) is 18.4. The number of hydrogen-bond acceptors (Lipinski definition) is 4. The molecule has 0 bridgehead atoms. The first-order chi connectivity index (χ1) is 13.2. The second-order valence-electron chi connectivity index (χ2n) is 7.19. The molecule has 1 unspecified atom stereocenters. The molecule has 1 atom stereocenters. The first-order valence-corrected chi connectivity index (χ1v) is 9.82. The predicted octanol–water partition coefficient (Wildman–Crippen LogP) is 5.04. The van der Waals surface area contributed by atoms with Crippen molar-refractivity contribution in [2.75, 3.05) is 19.6 Å². The van der Waals surface area contributed by atoms with Crippen LogP contribution in [0.3, 0.4) is 0 Å². The topological polar surface area (TPSA) is 53.1 Å². The summed E-state index contributed by atoms with van der Waals surface area (Å²) in [6.07, 6.45) is 3.05. The van der Waals surface area contributed by atoms with Gasteiger partial charge in [0, 0.05) is 11.6 Å². The molecule has 3 aromatic rings. The highest BCUT2D eigenvalue weighted by atomic mass is 35.5. The molecule has 0 N–H and O–H groups in total. The maximum absolute atomic E-state index is 9.74. The van der Waals surface area contributed by atoms with E-state index in [0.29, 0.717) is 16.5 Å². The minimum Gasteiger partial charge on any atom is -0.439 e. The molecule has 1 saturated heterocycles. The number of nitrogens with zero attached hydrogens (tertiary/aromatic N) is 3. The van der Waals surface area contributed by atoms with Crippen LogP contribution < -0.4 is 0 Å². The third kappa shape index (κ3) is 4.16. The molecule has 2 heterocycles. The molecule has 0 radical (unpaired) electrons. The monoisotopic (exact) mass is 379 g/mol. The Morgan fingerprint density at radius 1 is 1.19 bits per heavy atom. The van der Waals surface area contributed by atoms with Crippen molar-refractivity contribution in [1.82, 2.24) is 9.88 Å². The maximum Gasteiger partial charge on any atom is 0.213 e. The number of halogens is 1. The zero-order valence-electron chi connectivity index (χ0n) is 15.1. The van der Waals surface area contributed by atoms with Crippen molar-refractivity contribution in [3.05, 3.63) is 65.0 Å². The average Bonchev–Trinajstić information content (AvgIpc) is 3.11. The van der Waals surface area contributed by atoms with Crippen LogP contribution in [-0.2, 0) is 6.42 Å². The molecule has 4 nitrogen and oxygen atoms in total. The van der Waals surface area contributed by atoms with Gasteiger partial charge in [-0.3, -0.25) is 0 Å².